The molecule has 1 aliphatic rings. The van der Waals surface area contributed by atoms with Gasteiger partial charge in [0.15, 0.2) is 4.80 Å². The number of nitrogens with zero attached hydrogens (tertiary/aromatic N) is 2. The fourth-order valence-corrected chi connectivity index (χ4v) is 5.89. The molecule has 0 amide bonds. The number of furan rings is 1. The second-order valence-electron chi connectivity index (χ2n) is 9.45. The van der Waals surface area contributed by atoms with Gasteiger partial charge in [-0.2, -0.15) is 0 Å². The third-order valence-corrected chi connectivity index (χ3v) is 7.88. The van der Waals surface area contributed by atoms with Crippen molar-refractivity contribution < 1.29 is 33.3 Å². The Bertz CT molecular complexity index is 1930. The van der Waals surface area contributed by atoms with Crippen LogP contribution in [0, 0.1) is 6.92 Å². The predicted octanol–water partition coefficient (Wildman–Crippen LogP) is 4.08. The van der Waals surface area contributed by atoms with Crippen molar-refractivity contribution in [2.75, 3.05) is 20.8 Å². The van der Waals surface area contributed by atoms with Crippen LogP contribution in [-0.4, -0.2) is 42.4 Å². The number of carbonyl (C=O) groups excluding carboxylic acids is 1. The minimum absolute atomic E-state index is 0.141. The molecule has 0 spiro atoms. The van der Waals surface area contributed by atoms with E-state index in [1.165, 1.54) is 24.9 Å². The molecule has 42 heavy (non-hydrogen) atoms. The van der Waals surface area contributed by atoms with Gasteiger partial charge in [0, 0.05) is 17.2 Å². The fourth-order valence-electron chi connectivity index (χ4n) is 4.86. The number of hydrogen-bond acceptors (Lipinski definition) is 9. The third kappa shape index (κ3) is 5.14. The first-order valence-electron chi connectivity index (χ1n) is 13.0. The maximum absolute atomic E-state index is 14.0. The van der Waals surface area contributed by atoms with Crippen LogP contribution in [0.3, 0.4) is 0 Å². The zero-order valence-corrected chi connectivity index (χ0v) is 24.4. The van der Waals surface area contributed by atoms with Gasteiger partial charge >= 0.3 is 11.9 Å². The summed E-state index contributed by atoms with van der Waals surface area (Å²) in [6.45, 7) is 5.42. The molecule has 0 fully saturated rings. The summed E-state index contributed by atoms with van der Waals surface area (Å²) in [5.74, 6) is 0.223. The minimum atomic E-state index is -1.04. The van der Waals surface area contributed by atoms with E-state index in [1.807, 2.05) is 6.92 Å². The molecule has 4 aromatic rings. The first-order valence-corrected chi connectivity index (χ1v) is 13.8. The molecule has 0 radical (unpaired) electrons. The van der Waals surface area contributed by atoms with E-state index in [-0.39, 0.29) is 23.3 Å². The fraction of sp³-hybridized carbons (Fsp3) is 0.226. The van der Waals surface area contributed by atoms with Crippen molar-refractivity contribution >= 4 is 29.4 Å². The van der Waals surface area contributed by atoms with Gasteiger partial charge in [0.05, 0.1) is 42.2 Å². The number of aryl methyl sites for hydroxylation is 1. The molecule has 10 nitrogen and oxygen atoms in total. The number of methoxy groups -OCH3 is 2. The van der Waals surface area contributed by atoms with E-state index >= 15 is 0 Å². The number of carboxylic acids is 1. The quantitative estimate of drug-likeness (QED) is 0.305. The Kier molecular flexibility index (Phi) is 7.86. The molecule has 2 aromatic carbocycles. The molecule has 5 rings (SSSR count). The molecule has 216 valence electrons. The van der Waals surface area contributed by atoms with E-state index in [1.54, 1.807) is 62.4 Å². The first kappa shape index (κ1) is 28.6. The molecule has 3 heterocycles. The summed E-state index contributed by atoms with van der Waals surface area (Å²) in [7, 11) is 3.04. The van der Waals surface area contributed by atoms with Crippen LogP contribution in [0.1, 0.15) is 47.1 Å². The van der Waals surface area contributed by atoms with Gasteiger partial charge in [-0.3, -0.25) is 9.36 Å². The molecular formula is C31H28N2O8S. The van der Waals surface area contributed by atoms with E-state index in [9.17, 15) is 19.5 Å². The van der Waals surface area contributed by atoms with Crippen LogP contribution >= 0.6 is 11.3 Å². The number of allylic oxidation sites excluding steroid dienone is 1. The van der Waals surface area contributed by atoms with Gasteiger partial charge in [-0.15, -0.1) is 0 Å². The van der Waals surface area contributed by atoms with Gasteiger partial charge in [0.25, 0.3) is 5.56 Å². The predicted molar refractivity (Wildman–Crippen MR) is 156 cm³/mol. The highest BCUT2D eigenvalue weighted by Gasteiger charge is 2.35. The Labute approximate surface area is 244 Å². The minimum Gasteiger partial charge on any atom is -0.497 e. The maximum Gasteiger partial charge on any atom is 0.338 e. The summed E-state index contributed by atoms with van der Waals surface area (Å²) < 4.78 is 24.2. The topological polar surface area (TPSA) is 130 Å². The Morgan fingerprint density at radius 3 is 2.57 bits per heavy atom. The summed E-state index contributed by atoms with van der Waals surface area (Å²) in [6.07, 6.45) is 1.60. The normalized spacial score (nSPS) is 14.8. The average molecular weight is 589 g/mol. The molecular weight excluding hydrogens is 560 g/mol. The van der Waals surface area contributed by atoms with Crippen LogP contribution in [0.25, 0.3) is 17.4 Å². The number of benzene rings is 2. The van der Waals surface area contributed by atoms with E-state index in [4.69, 9.17) is 18.6 Å². The van der Waals surface area contributed by atoms with Crippen molar-refractivity contribution in [3.8, 4) is 22.8 Å². The van der Waals surface area contributed by atoms with Crippen molar-refractivity contribution in [3.63, 3.8) is 0 Å². The second-order valence-corrected chi connectivity index (χ2v) is 10.5. The summed E-state index contributed by atoms with van der Waals surface area (Å²) in [5.41, 5.74) is 2.41. The van der Waals surface area contributed by atoms with Crippen LogP contribution in [0.5, 0.6) is 11.5 Å². The van der Waals surface area contributed by atoms with Gasteiger partial charge in [0.2, 0.25) is 0 Å². The Morgan fingerprint density at radius 2 is 1.88 bits per heavy atom. The Balaban J connectivity index is 1.67. The number of ether oxygens (including phenoxy) is 3. The van der Waals surface area contributed by atoms with E-state index in [2.05, 4.69) is 4.99 Å². The molecule has 0 bridgehead atoms. The molecule has 0 saturated heterocycles. The van der Waals surface area contributed by atoms with Gasteiger partial charge in [-0.1, -0.05) is 17.4 Å². The summed E-state index contributed by atoms with van der Waals surface area (Å²) >= 11 is 1.16. The standard InChI is InChI=1S/C31H28N2O8S/c1-6-40-30(37)26-17(3)32-31-33(27(26)22-14-19(38-4)9-11-23(22)39-5)28(34)25(42-31)15-20-10-12-24(41-20)21-13-18(29(35)36)8-7-16(21)2/h7-15,27H,6H2,1-5H3,(H,35,36)/b25-15-. The maximum atomic E-state index is 14.0. The number of esters is 1. The number of carboxylic acid groups (broad SMARTS) is 1. The number of carbonyl (C=O) groups is 2. The van der Waals surface area contributed by atoms with Gasteiger partial charge < -0.3 is 23.7 Å². The number of fused-ring (bicyclic) bond motifs is 1. The van der Waals surface area contributed by atoms with Crippen LogP contribution in [0.4, 0.5) is 0 Å². The number of hydrogen-bond donors (Lipinski definition) is 1. The lowest BCUT2D eigenvalue weighted by molar-refractivity contribution is -0.139. The van der Waals surface area contributed by atoms with Crippen molar-refractivity contribution in [2.24, 2.45) is 4.99 Å². The SMILES string of the molecule is CCOC(=O)C1=C(C)N=c2s/c(=C\c3ccc(-c4cc(C(=O)O)ccc4C)o3)c(=O)n2C1c1cc(OC)ccc1OC. The third-order valence-electron chi connectivity index (χ3n) is 6.90. The number of rotatable bonds is 8. The van der Waals surface area contributed by atoms with Gasteiger partial charge in [-0.05, 0) is 68.8 Å². The molecule has 0 saturated carbocycles. The lowest BCUT2D eigenvalue weighted by atomic mass is 9.95. The molecule has 2 aromatic heterocycles. The summed E-state index contributed by atoms with van der Waals surface area (Å²) in [6, 6.07) is 12.5. The van der Waals surface area contributed by atoms with Crippen molar-refractivity contribution in [3.05, 3.63) is 102 Å². The Hall–Kier alpha value is -4.90. The van der Waals surface area contributed by atoms with Gasteiger partial charge in [0.1, 0.15) is 29.1 Å². The number of thiazole rings is 1. The van der Waals surface area contributed by atoms with Gasteiger partial charge in [-0.25, -0.2) is 14.6 Å². The molecule has 11 heteroatoms. The highest BCUT2D eigenvalue weighted by molar-refractivity contribution is 7.07. The monoisotopic (exact) mass is 588 g/mol. The zero-order valence-electron chi connectivity index (χ0n) is 23.6. The highest BCUT2D eigenvalue weighted by Crippen LogP contribution is 2.38. The van der Waals surface area contributed by atoms with Crippen molar-refractivity contribution in [2.45, 2.75) is 26.8 Å². The lowest BCUT2D eigenvalue weighted by Gasteiger charge is -2.26. The van der Waals surface area contributed by atoms with Crippen LogP contribution in [0.15, 0.2) is 74.0 Å². The van der Waals surface area contributed by atoms with Crippen molar-refractivity contribution in [1.29, 1.82) is 0 Å². The molecule has 1 N–H and O–H groups in total. The van der Waals surface area contributed by atoms with Crippen molar-refractivity contribution in [1.82, 2.24) is 4.57 Å². The summed E-state index contributed by atoms with van der Waals surface area (Å²) in [5, 5.41) is 9.40. The molecule has 1 unspecified atom stereocenters. The van der Waals surface area contributed by atoms with Crippen LogP contribution in [-0.2, 0) is 9.53 Å². The first-order chi connectivity index (χ1) is 20.2. The van der Waals surface area contributed by atoms with Crippen LogP contribution < -0.4 is 24.4 Å². The van der Waals surface area contributed by atoms with E-state index < -0.39 is 18.0 Å². The number of aromatic carboxylic acids is 1. The number of aromatic nitrogens is 1. The largest absolute Gasteiger partial charge is 0.497 e. The molecule has 1 aliphatic heterocycles. The van der Waals surface area contributed by atoms with E-state index in [0.717, 1.165) is 16.9 Å². The van der Waals surface area contributed by atoms with E-state index in [0.29, 0.717) is 49.2 Å². The lowest BCUT2D eigenvalue weighted by Crippen LogP contribution is -2.40. The summed E-state index contributed by atoms with van der Waals surface area (Å²) in [4.78, 5) is 43.6. The second kappa shape index (κ2) is 11.5. The molecule has 1 atom stereocenters. The van der Waals surface area contributed by atoms with Crippen LogP contribution in [0.2, 0.25) is 0 Å². The smallest absolute Gasteiger partial charge is 0.338 e. The average Bonchev–Trinajstić information content (AvgIpc) is 3.56. The molecule has 0 aliphatic carbocycles. The highest BCUT2D eigenvalue weighted by atomic mass is 32.1. The zero-order chi connectivity index (χ0) is 30.1. The Morgan fingerprint density at radius 1 is 1.10 bits per heavy atom.